The number of carbonyl (C=O) groups is 2. The lowest BCUT2D eigenvalue weighted by Crippen LogP contribution is -2.25. The monoisotopic (exact) mass is 506 g/mol. The van der Waals surface area contributed by atoms with E-state index >= 15 is 0 Å². The van der Waals surface area contributed by atoms with E-state index in [1.165, 1.54) is 48.5 Å². The first-order valence-electron chi connectivity index (χ1n) is 10.9. The fraction of sp³-hybridized carbons (Fsp3) is 0. The van der Waals surface area contributed by atoms with Crippen LogP contribution in [0, 0.1) is 22.8 Å². The Labute approximate surface area is 213 Å². The first-order valence-corrected chi connectivity index (χ1v) is 12.4. The minimum atomic E-state index is -3.94. The van der Waals surface area contributed by atoms with Gasteiger partial charge >= 0.3 is 0 Å². The van der Waals surface area contributed by atoms with Gasteiger partial charge in [-0.2, -0.15) is 10.5 Å². The van der Waals surface area contributed by atoms with Gasteiger partial charge in [-0.1, -0.05) is 30.3 Å². The second-order valence-corrected chi connectivity index (χ2v) is 9.69. The first kappa shape index (κ1) is 24.9. The van der Waals surface area contributed by atoms with Crippen molar-refractivity contribution < 1.29 is 18.0 Å². The van der Waals surface area contributed by atoms with Crippen LogP contribution in [0.4, 0.5) is 11.4 Å². The van der Waals surface area contributed by atoms with Gasteiger partial charge in [-0.05, 0) is 72.8 Å². The Balaban J connectivity index is 1.52. The van der Waals surface area contributed by atoms with E-state index in [1.807, 2.05) is 12.3 Å². The summed E-state index contributed by atoms with van der Waals surface area (Å²) in [6.45, 7) is 0. The Hall–Kier alpha value is -5.25. The lowest BCUT2D eigenvalue weighted by Gasteiger charge is -2.14. The Morgan fingerprint density at radius 1 is 0.703 bits per heavy atom. The van der Waals surface area contributed by atoms with E-state index in [4.69, 9.17) is 0 Å². The molecule has 4 aromatic carbocycles. The van der Waals surface area contributed by atoms with Crippen LogP contribution in [0.25, 0.3) is 0 Å². The Kier molecular flexibility index (Phi) is 7.10. The molecule has 0 saturated carbocycles. The van der Waals surface area contributed by atoms with Crippen LogP contribution in [-0.4, -0.2) is 20.2 Å². The summed E-state index contributed by atoms with van der Waals surface area (Å²) in [5.74, 6) is -1.08. The molecule has 0 aliphatic rings. The van der Waals surface area contributed by atoms with E-state index in [1.54, 1.807) is 54.6 Å². The molecule has 0 aliphatic carbocycles. The maximum absolute atomic E-state index is 13.1. The van der Waals surface area contributed by atoms with Gasteiger partial charge in [0.25, 0.3) is 11.8 Å². The molecule has 9 heteroatoms. The fourth-order valence-electron chi connectivity index (χ4n) is 3.51. The second-order valence-electron chi connectivity index (χ2n) is 7.74. The summed E-state index contributed by atoms with van der Waals surface area (Å²) in [5, 5.41) is 21.2. The van der Waals surface area contributed by atoms with E-state index in [2.05, 4.69) is 5.32 Å². The molecule has 4 rings (SSSR count). The van der Waals surface area contributed by atoms with Crippen molar-refractivity contribution in [2.45, 2.75) is 9.79 Å². The first-order chi connectivity index (χ1) is 17.8. The van der Waals surface area contributed by atoms with E-state index < -0.39 is 21.7 Å². The van der Waals surface area contributed by atoms with Crippen molar-refractivity contribution >= 4 is 33.0 Å². The number of sulfone groups is 1. The molecule has 0 unspecified atom stereocenters. The van der Waals surface area contributed by atoms with Gasteiger partial charge in [-0.25, -0.2) is 13.3 Å². The predicted octanol–water partition coefficient (Wildman–Crippen LogP) is 4.77. The SMILES string of the molecule is N#Cc1ccccc1NC(=O)c1ccc(S(=O)(=O)c2ccc(C(=O)N(C#N)c3ccccc3)cc2)cc1. The molecule has 0 aromatic heterocycles. The van der Waals surface area contributed by atoms with Crippen molar-refractivity contribution in [2.75, 3.05) is 10.2 Å². The molecule has 4 aromatic rings. The zero-order valence-corrected chi connectivity index (χ0v) is 20.0. The predicted molar refractivity (Wildman–Crippen MR) is 136 cm³/mol. The highest BCUT2D eigenvalue weighted by molar-refractivity contribution is 7.91. The molecular formula is C28H18N4O4S. The van der Waals surface area contributed by atoms with Crippen LogP contribution in [0.5, 0.6) is 0 Å². The van der Waals surface area contributed by atoms with Crippen LogP contribution in [0.3, 0.4) is 0 Å². The fourth-order valence-corrected chi connectivity index (χ4v) is 4.77. The molecule has 0 radical (unpaired) electrons. The number of nitrogens with one attached hydrogen (secondary N) is 1. The number of nitriles is 2. The zero-order valence-electron chi connectivity index (χ0n) is 19.2. The molecule has 8 nitrogen and oxygen atoms in total. The average molecular weight is 507 g/mol. The number of hydrogen-bond acceptors (Lipinski definition) is 6. The largest absolute Gasteiger partial charge is 0.321 e. The number of rotatable bonds is 6. The van der Waals surface area contributed by atoms with Gasteiger partial charge in [0.15, 0.2) is 6.19 Å². The van der Waals surface area contributed by atoms with Gasteiger partial charge < -0.3 is 5.32 Å². The lowest BCUT2D eigenvalue weighted by atomic mass is 10.1. The van der Waals surface area contributed by atoms with Gasteiger partial charge in [0.05, 0.1) is 26.7 Å². The third-order valence-electron chi connectivity index (χ3n) is 5.45. The van der Waals surface area contributed by atoms with E-state index in [0.29, 0.717) is 16.9 Å². The van der Waals surface area contributed by atoms with Crippen LogP contribution in [0.2, 0.25) is 0 Å². The summed E-state index contributed by atoms with van der Waals surface area (Å²) in [4.78, 5) is 26.2. The van der Waals surface area contributed by atoms with Crippen LogP contribution in [0.1, 0.15) is 26.3 Å². The highest BCUT2D eigenvalue weighted by Crippen LogP contribution is 2.24. The summed E-state index contributed by atoms with van der Waals surface area (Å²) < 4.78 is 26.2. The molecule has 37 heavy (non-hydrogen) atoms. The summed E-state index contributed by atoms with van der Waals surface area (Å²) in [7, 11) is -3.94. The molecule has 180 valence electrons. The maximum Gasteiger partial charge on any atom is 0.271 e. The van der Waals surface area contributed by atoms with E-state index in [9.17, 15) is 28.5 Å². The number of anilines is 2. The zero-order chi connectivity index (χ0) is 26.4. The number of nitrogens with zero attached hydrogens (tertiary/aromatic N) is 3. The molecule has 1 N–H and O–H groups in total. The van der Waals surface area contributed by atoms with Crippen LogP contribution < -0.4 is 10.2 Å². The minimum absolute atomic E-state index is 0.0384. The van der Waals surface area contributed by atoms with Gasteiger partial charge in [-0.15, -0.1) is 0 Å². The smallest absolute Gasteiger partial charge is 0.271 e. The van der Waals surface area contributed by atoms with Crippen molar-refractivity contribution in [3.8, 4) is 12.3 Å². The molecular weight excluding hydrogens is 488 g/mol. The second kappa shape index (κ2) is 10.6. The van der Waals surface area contributed by atoms with Crippen molar-refractivity contribution in [1.29, 1.82) is 10.5 Å². The van der Waals surface area contributed by atoms with E-state index in [-0.39, 0.29) is 20.9 Å². The molecule has 2 amide bonds. The third kappa shape index (κ3) is 5.22. The molecule has 0 spiro atoms. The Morgan fingerprint density at radius 3 is 1.81 bits per heavy atom. The third-order valence-corrected chi connectivity index (χ3v) is 7.24. The number of hydrogen-bond donors (Lipinski definition) is 1. The average Bonchev–Trinajstić information content (AvgIpc) is 2.94. The summed E-state index contributed by atoms with van der Waals surface area (Å²) >= 11 is 0. The van der Waals surface area contributed by atoms with Crippen molar-refractivity contribution in [1.82, 2.24) is 0 Å². The lowest BCUT2D eigenvalue weighted by molar-refractivity contribution is 0.0997. The number of carbonyl (C=O) groups excluding carboxylic acids is 2. The van der Waals surface area contributed by atoms with Crippen LogP contribution in [0.15, 0.2) is 113 Å². The molecule has 0 bridgehead atoms. The number of para-hydroxylation sites is 2. The van der Waals surface area contributed by atoms with Crippen LogP contribution in [-0.2, 0) is 9.84 Å². The molecule has 0 saturated heterocycles. The highest BCUT2D eigenvalue weighted by atomic mass is 32.2. The molecule has 0 aliphatic heterocycles. The molecule has 0 fully saturated rings. The van der Waals surface area contributed by atoms with E-state index in [0.717, 1.165) is 4.90 Å². The van der Waals surface area contributed by atoms with Gasteiger partial charge in [-0.3, -0.25) is 9.59 Å². The number of amides is 2. The Bertz CT molecular complexity index is 1650. The van der Waals surface area contributed by atoms with Gasteiger partial charge in [0, 0.05) is 11.1 Å². The van der Waals surface area contributed by atoms with Gasteiger partial charge in [0.2, 0.25) is 9.84 Å². The highest BCUT2D eigenvalue weighted by Gasteiger charge is 2.21. The van der Waals surface area contributed by atoms with Crippen LogP contribution >= 0.6 is 0 Å². The molecule has 0 atom stereocenters. The van der Waals surface area contributed by atoms with Gasteiger partial charge in [0.1, 0.15) is 6.07 Å². The van der Waals surface area contributed by atoms with Crippen molar-refractivity contribution in [2.24, 2.45) is 0 Å². The summed E-state index contributed by atoms with van der Waals surface area (Å²) in [5.41, 5.74) is 1.41. The van der Waals surface area contributed by atoms with Crippen molar-refractivity contribution in [3.05, 3.63) is 120 Å². The Morgan fingerprint density at radius 2 is 1.24 bits per heavy atom. The number of benzene rings is 4. The molecule has 0 heterocycles. The normalized spacial score (nSPS) is 10.5. The topological polar surface area (TPSA) is 131 Å². The summed E-state index contributed by atoms with van der Waals surface area (Å²) in [6.07, 6.45) is 1.84. The minimum Gasteiger partial charge on any atom is -0.321 e. The quantitative estimate of drug-likeness (QED) is 0.296. The standard InChI is InChI=1S/C28H18N4O4S/c29-18-22-6-4-5-9-26(22)31-27(33)20-10-14-24(15-11-20)37(35,36)25-16-12-21(13-17-25)28(34)32(19-30)23-7-2-1-3-8-23/h1-17H,(H,31,33). The maximum atomic E-state index is 13.1. The van der Waals surface area contributed by atoms with Crippen molar-refractivity contribution in [3.63, 3.8) is 0 Å². The summed E-state index contributed by atoms with van der Waals surface area (Å²) in [6, 6.07) is 27.6.